The smallest absolute Gasteiger partial charge is 0.268 e. The second-order valence-corrected chi connectivity index (χ2v) is 9.14. The molecule has 36 heavy (non-hydrogen) atoms. The van der Waals surface area contributed by atoms with E-state index in [1.54, 1.807) is 7.11 Å². The number of carbonyl (C=O) groups is 2. The first-order chi connectivity index (χ1) is 17.6. The van der Waals surface area contributed by atoms with Gasteiger partial charge in [0.1, 0.15) is 13.3 Å². The number of amidine groups is 1. The maximum atomic E-state index is 13.2. The van der Waals surface area contributed by atoms with E-state index < -0.39 is 0 Å². The molecule has 1 N–H and O–H groups in total. The maximum Gasteiger partial charge on any atom is 0.268 e. The molecule has 8 heteroatoms. The zero-order chi connectivity index (χ0) is 24.9. The van der Waals surface area contributed by atoms with Crippen LogP contribution in [0.25, 0.3) is 17.0 Å². The van der Waals surface area contributed by atoms with Crippen molar-refractivity contribution >= 4 is 57.1 Å². The number of benzene rings is 3. The molecule has 0 radical (unpaired) electrons. The first kappa shape index (κ1) is 23.6. The summed E-state index contributed by atoms with van der Waals surface area (Å²) >= 11 is 1.31. The summed E-state index contributed by atoms with van der Waals surface area (Å²) in [5.74, 6) is -0.300. The number of ether oxygens (including phenoxy) is 1. The van der Waals surface area contributed by atoms with Gasteiger partial charge in [-0.3, -0.25) is 14.5 Å². The van der Waals surface area contributed by atoms with Gasteiger partial charge in [-0.25, -0.2) is 4.99 Å². The molecule has 2 amide bonds. The molecule has 7 nitrogen and oxygen atoms in total. The molecular formula is C28H24N4O3S. The van der Waals surface area contributed by atoms with Crippen molar-refractivity contribution in [2.24, 2.45) is 4.99 Å². The van der Waals surface area contributed by atoms with E-state index >= 15 is 0 Å². The second kappa shape index (κ2) is 10.6. The summed E-state index contributed by atoms with van der Waals surface area (Å²) in [6.07, 6.45) is 3.76. The van der Waals surface area contributed by atoms with Crippen LogP contribution in [0.1, 0.15) is 5.56 Å². The molecule has 1 aliphatic heterocycles. The van der Waals surface area contributed by atoms with E-state index in [1.165, 1.54) is 16.7 Å². The first-order valence-corrected chi connectivity index (χ1v) is 12.2. The van der Waals surface area contributed by atoms with E-state index in [4.69, 9.17) is 4.74 Å². The van der Waals surface area contributed by atoms with Crippen LogP contribution in [-0.2, 0) is 20.9 Å². The van der Waals surface area contributed by atoms with Crippen LogP contribution in [-0.4, -0.2) is 40.3 Å². The molecule has 2 heterocycles. The summed E-state index contributed by atoms with van der Waals surface area (Å²) < 4.78 is 7.16. The summed E-state index contributed by atoms with van der Waals surface area (Å²) in [6.45, 7) is 0.256. The minimum absolute atomic E-state index is 0.107. The van der Waals surface area contributed by atoms with Crippen molar-refractivity contribution in [3.63, 3.8) is 0 Å². The summed E-state index contributed by atoms with van der Waals surface area (Å²) in [5.41, 5.74) is 3.27. The SMILES string of the molecule is COCN1C(=O)C(=Cc2cn(CC(=O)Nc3ccccc3)c3ccccc23)SC1=Nc1ccccc1. The van der Waals surface area contributed by atoms with E-state index in [-0.39, 0.29) is 25.1 Å². The van der Waals surface area contributed by atoms with Crippen LogP contribution in [0.15, 0.2) is 101 Å². The number of hydrogen-bond donors (Lipinski definition) is 1. The van der Waals surface area contributed by atoms with Crippen LogP contribution in [0.4, 0.5) is 11.4 Å². The molecule has 1 aliphatic rings. The predicted molar refractivity (Wildman–Crippen MR) is 145 cm³/mol. The lowest BCUT2D eigenvalue weighted by Gasteiger charge is -2.13. The molecule has 0 atom stereocenters. The van der Waals surface area contributed by atoms with E-state index in [0.29, 0.717) is 10.1 Å². The largest absolute Gasteiger partial charge is 0.364 e. The molecular weight excluding hydrogens is 472 g/mol. The standard InChI is InChI=1S/C28H24N4O3S/c1-35-19-32-27(34)25(36-28(32)30-22-12-6-3-7-13-22)16-20-17-31(24-15-9-8-14-23(20)24)18-26(33)29-21-10-4-2-5-11-21/h2-17H,18-19H2,1H3,(H,29,33). The number of anilines is 1. The molecule has 0 bridgehead atoms. The fraction of sp³-hybridized carbons (Fsp3) is 0.107. The van der Waals surface area contributed by atoms with Crippen molar-refractivity contribution in [2.45, 2.75) is 6.54 Å². The van der Waals surface area contributed by atoms with Crippen molar-refractivity contribution in [3.05, 3.63) is 102 Å². The average molecular weight is 497 g/mol. The van der Waals surface area contributed by atoms with Gasteiger partial charge in [-0.15, -0.1) is 0 Å². The number of aromatic nitrogens is 1. The number of hydrogen-bond acceptors (Lipinski definition) is 5. The van der Waals surface area contributed by atoms with Gasteiger partial charge in [-0.2, -0.15) is 0 Å². The van der Waals surface area contributed by atoms with Crippen LogP contribution in [0.5, 0.6) is 0 Å². The van der Waals surface area contributed by atoms with E-state index in [1.807, 2.05) is 102 Å². The lowest BCUT2D eigenvalue weighted by Crippen LogP contribution is -2.30. The number of rotatable bonds is 7. The van der Waals surface area contributed by atoms with Crippen molar-refractivity contribution in [1.82, 2.24) is 9.47 Å². The minimum atomic E-state index is -0.171. The Kier molecular flexibility index (Phi) is 6.97. The topological polar surface area (TPSA) is 75.9 Å². The molecule has 0 aliphatic carbocycles. The Labute approximate surface area is 213 Å². The Morgan fingerprint density at radius 3 is 2.44 bits per heavy atom. The Morgan fingerprint density at radius 2 is 1.69 bits per heavy atom. The third kappa shape index (κ3) is 5.10. The highest BCUT2D eigenvalue weighted by Crippen LogP contribution is 2.35. The summed E-state index contributed by atoms with van der Waals surface area (Å²) in [5, 5.41) is 4.44. The van der Waals surface area contributed by atoms with Crippen molar-refractivity contribution in [3.8, 4) is 0 Å². The molecule has 3 aromatic carbocycles. The Balaban J connectivity index is 1.45. The van der Waals surface area contributed by atoms with Gasteiger partial charge in [-0.1, -0.05) is 54.6 Å². The second-order valence-electron chi connectivity index (χ2n) is 8.14. The molecule has 0 spiro atoms. The van der Waals surface area contributed by atoms with Gasteiger partial charge in [0.25, 0.3) is 5.91 Å². The number of para-hydroxylation sites is 3. The number of thioether (sulfide) groups is 1. The zero-order valence-corrected chi connectivity index (χ0v) is 20.4. The number of nitrogens with zero attached hydrogens (tertiary/aromatic N) is 3. The number of methoxy groups -OCH3 is 1. The molecule has 4 aromatic rings. The third-order valence-electron chi connectivity index (χ3n) is 5.60. The molecule has 5 rings (SSSR count). The van der Waals surface area contributed by atoms with Crippen LogP contribution in [0.3, 0.4) is 0 Å². The highest BCUT2D eigenvalue weighted by Gasteiger charge is 2.33. The Morgan fingerprint density at radius 1 is 1.00 bits per heavy atom. The van der Waals surface area contributed by atoms with Gasteiger partial charge >= 0.3 is 0 Å². The lowest BCUT2D eigenvalue weighted by molar-refractivity contribution is -0.125. The fourth-order valence-corrected chi connectivity index (χ4v) is 4.96. The molecule has 0 saturated carbocycles. The number of amides is 2. The van der Waals surface area contributed by atoms with Crippen molar-refractivity contribution < 1.29 is 14.3 Å². The van der Waals surface area contributed by atoms with Crippen LogP contribution < -0.4 is 5.32 Å². The summed E-state index contributed by atoms with van der Waals surface area (Å²) in [7, 11) is 1.55. The number of nitrogens with one attached hydrogen (secondary N) is 1. The predicted octanol–water partition coefficient (Wildman–Crippen LogP) is 5.49. The van der Waals surface area contributed by atoms with Gasteiger partial charge in [0.05, 0.1) is 10.6 Å². The maximum absolute atomic E-state index is 13.2. The van der Waals surface area contributed by atoms with Gasteiger partial charge in [-0.05, 0) is 48.2 Å². The van der Waals surface area contributed by atoms with Crippen molar-refractivity contribution in [1.29, 1.82) is 0 Å². The summed E-state index contributed by atoms with van der Waals surface area (Å²) in [4.78, 5) is 32.7. The van der Waals surface area contributed by atoms with Gasteiger partial charge in [0.2, 0.25) is 5.91 Å². The molecule has 1 saturated heterocycles. The van der Waals surface area contributed by atoms with Crippen LogP contribution in [0.2, 0.25) is 0 Å². The van der Waals surface area contributed by atoms with Crippen LogP contribution >= 0.6 is 11.8 Å². The average Bonchev–Trinajstić information content (AvgIpc) is 3.38. The number of aliphatic imine (C=N–C) groups is 1. The minimum Gasteiger partial charge on any atom is -0.364 e. The van der Waals surface area contributed by atoms with E-state index in [0.717, 1.165) is 27.8 Å². The molecule has 1 fully saturated rings. The quantitative estimate of drug-likeness (QED) is 0.344. The van der Waals surface area contributed by atoms with Crippen molar-refractivity contribution in [2.75, 3.05) is 19.2 Å². The van der Waals surface area contributed by atoms with Gasteiger partial charge in [0, 0.05) is 35.5 Å². The van der Waals surface area contributed by atoms with E-state index in [9.17, 15) is 9.59 Å². The number of fused-ring (bicyclic) bond motifs is 1. The van der Waals surface area contributed by atoms with Gasteiger partial charge < -0.3 is 14.6 Å². The van der Waals surface area contributed by atoms with Crippen LogP contribution in [0, 0.1) is 0 Å². The zero-order valence-electron chi connectivity index (χ0n) is 19.6. The highest BCUT2D eigenvalue weighted by atomic mass is 32.2. The third-order valence-corrected chi connectivity index (χ3v) is 6.61. The lowest BCUT2D eigenvalue weighted by atomic mass is 10.1. The highest BCUT2D eigenvalue weighted by molar-refractivity contribution is 8.18. The normalized spacial score (nSPS) is 15.8. The van der Waals surface area contributed by atoms with Gasteiger partial charge in [0.15, 0.2) is 5.17 Å². The Hall–Kier alpha value is -4.14. The fourth-order valence-electron chi connectivity index (χ4n) is 3.99. The molecule has 180 valence electrons. The first-order valence-electron chi connectivity index (χ1n) is 11.4. The Bertz CT molecular complexity index is 1460. The monoisotopic (exact) mass is 496 g/mol. The van der Waals surface area contributed by atoms with E-state index in [2.05, 4.69) is 10.3 Å². The molecule has 0 unspecified atom stereocenters. The summed E-state index contributed by atoms with van der Waals surface area (Å²) in [6, 6.07) is 26.7. The number of carbonyl (C=O) groups excluding carboxylic acids is 2. The molecule has 1 aromatic heterocycles.